The first-order valence-corrected chi connectivity index (χ1v) is 18.5. The number of aliphatic carboxylic acids is 5. The number of imidazole rings is 1. The second-order valence-corrected chi connectivity index (χ2v) is 14.6. The maximum atomic E-state index is 13.6. The minimum atomic E-state index is -2.08. The van der Waals surface area contributed by atoms with Gasteiger partial charge in [-0.1, -0.05) is 27.7 Å². The number of hydrogen-bond donors (Lipinski definition) is 13. The maximum absolute atomic E-state index is 13.6. The number of aromatic nitrogens is 2. The molecule has 60 heavy (non-hydrogen) atoms. The number of amides is 6. The van der Waals surface area contributed by atoms with Gasteiger partial charge in [-0.2, -0.15) is 0 Å². The second-order valence-electron chi connectivity index (χ2n) is 14.6. The van der Waals surface area contributed by atoms with Gasteiger partial charge in [-0.05, 0) is 31.1 Å². The third-order valence-electron chi connectivity index (χ3n) is 8.31. The Bertz CT molecular complexity index is 1720. The van der Waals surface area contributed by atoms with Crippen LogP contribution in [0, 0.1) is 11.8 Å². The van der Waals surface area contributed by atoms with Gasteiger partial charge in [0.2, 0.25) is 35.4 Å². The smallest absolute Gasteiger partial charge is 0.326 e. The fourth-order valence-corrected chi connectivity index (χ4v) is 5.46. The normalized spacial score (nSPS) is 14.5. The molecule has 0 spiro atoms. The van der Waals surface area contributed by atoms with Crippen molar-refractivity contribution in [2.75, 3.05) is 0 Å². The van der Waals surface area contributed by atoms with Crippen molar-refractivity contribution in [3.8, 4) is 0 Å². The first-order valence-electron chi connectivity index (χ1n) is 18.5. The van der Waals surface area contributed by atoms with Gasteiger partial charge in [0.25, 0.3) is 0 Å². The molecule has 1 rings (SSSR count). The van der Waals surface area contributed by atoms with Crippen molar-refractivity contribution in [1.29, 1.82) is 0 Å². The van der Waals surface area contributed by atoms with Gasteiger partial charge in [-0.3, -0.25) is 47.9 Å². The van der Waals surface area contributed by atoms with E-state index in [-0.39, 0.29) is 31.1 Å². The van der Waals surface area contributed by atoms with Gasteiger partial charge >= 0.3 is 29.8 Å². The van der Waals surface area contributed by atoms with Gasteiger partial charge in [0.15, 0.2) is 0 Å². The molecule has 1 aromatic heterocycles. The molecule has 0 aliphatic rings. The molecular weight excluding hydrogens is 802 g/mol. The molecule has 0 aliphatic carbocycles. The van der Waals surface area contributed by atoms with Crippen molar-refractivity contribution in [2.45, 2.75) is 121 Å². The van der Waals surface area contributed by atoms with E-state index in [1.807, 2.05) is 10.6 Å². The number of rotatable bonds is 28. The lowest BCUT2D eigenvalue weighted by atomic mass is 10.0. The lowest BCUT2D eigenvalue weighted by Gasteiger charge is -2.27. The fourth-order valence-electron chi connectivity index (χ4n) is 5.46. The zero-order valence-corrected chi connectivity index (χ0v) is 33.3. The predicted octanol–water partition coefficient (Wildman–Crippen LogP) is -3.35. The molecule has 25 heteroatoms. The fraction of sp³-hybridized carbons (Fsp3) is 0.600. The van der Waals surface area contributed by atoms with Gasteiger partial charge in [0.05, 0.1) is 31.6 Å². The van der Waals surface area contributed by atoms with Crippen LogP contribution < -0.4 is 37.6 Å². The number of nitrogens with one attached hydrogen (secondary N) is 7. The van der Waals surface area contributed by atoms with Crippen molar-refractivity contribution in [2.24, 2.45) is 17.6 Å². The highest BCUT2D eigenvalue weighted by atomic mass is 16.4. The number of nitrogens with zero attached hydrogens (tertiary/aromatic N) is 1. The summed E-state index contributed by atoms with van der Waals surface area (Å²) in [5.41, 5.74) is 6.14. The summed E-state index contributed by atoms with van der Waals surface area (Å²) < 4.78 is 0. The third-order valence-corrected chi connectivity index (χ3v) is 8.31. The van der Waals surface area contributed by atoms with Gasteiger partial charge in [0.1, 0.15) is 36.3 Å². The van der Waals surface area contributed by atoms with E-state index in [1.54, 1.807) is 27.7 Å². The van der Waals surface area contributed by atoms with Crippen molar-refractivity contribution in [1.82, 2.24) is 41.9 Å². The van der Waals surface area contributed by atoms with Crippen LogP contribution in [-0.4, -0.2) is 143 Å². The van der Waals surface area contributed by atoms with Crippen molar-refractivity contribution in [3.63, 3.8) is 0 Å². The largest absolute Gasteiger partial charge is 0.481 e. The Hall–Kier alpha value is -6.66. The molecule has 0 aliphatic heterocycles. The highest BCUT2D eigenvalue weighted by Crippen LogP contribution is 2.10. The predicted molar refractivity (Wildman–Crippen MR) is 202 cm³/mol. The van der Waals surface area contributed by atoms with Gasteiger partial charge in [-0.15, -0.1) is 0 Å². The highest BCUT2D eigenvalue weighted by molar-refractivity contribution is 5.99. The summed E-state index contributed by atoms with van der Waals surface area (Å²) in [5, 5.41) is 60.2. The van der Waals surface area contributed by atoms with Crippen LogP contribution in [0.2, 0.25) is 0 Å². The molecule has 1 aromatic rings. The lowest BCUT2D eigenvalue weighted by molar-refractivity contribution is -0.144. The van der Waals surface area contributed by atoms with Crippen LogP contribution in [-0.2, 0) is 59.2 Å². The molecule has 6 amide bonds. The number of H-pyrrole nitrogens is 1. The van der Waals surface area contributed by atoms with Crippen LogP contribution >= 0.6 is 0 Å². The molecule has 0 saturated heterocycles. The Balaban J connectivity index is 3.35. The second kappa shape index (κ2) is 25.0. The van der Waals surface area contributed by atoms with E-state index in [1.165, 1.54) is 12.5 Å². The molecule has 25 nitrogen and oxygen atoms in total. The summed E-state index contributed by atoms with van der Waals surface area (Å²) in [6.45, 7) is 6.71. The van der Waals surface area contributed by atoms with Gasteiger partial charge in [0, 0.05) is 24.7 Å². The Morgan fingerprint density at radius 1 is 0.550 bits per heavy atom. The van der Waals surface area contributed by atoms with Crippen LogP contribution in [0.4, 0.5) is 0 Å². The van der Waals surface area contributed by atoms with Crippen molar-refractivity contribution >= 4 is 65.3 Å². The minimum absolute atomic E-state index is 0.0725. The third kappa shape index (κ3) is 19.7. The Kier molecular flexibility index (Phi) is 21.4. The van der Waals surface area contributed by atoms with E-state index in [9.17, 15) is 78.3 Å². The first-order chi connectivity index (χ1) is 27.9. The Morgan fingerprint density at radius 3 is 1.32 bits per heavy atom. The molecule has 0 aromatic carbocycles. The number of nitrogens with two attached hydrogens (primary N) is 1. The first kappa shape index (κ1) is 51.4. The number of carboxylic acids is 5. The Morgan fingerprint density at radius 2 is 0.933 bits per heavy atom. The summed E-state index contributed by atoms with van der Waals surface area (Å²) in [6, 6.07) is -12.0. The summed E-state index contributed by atoms with van der Waals surface area (Å²) in [5.74, 6) is -15.5. The minimum Gasteiger partial charge on any atom is -0.481 e. The summed E-state index contributed by atoms with van der Waals surface area (Å²) >= 11 is 0. The SMILES string of the molecule is CC(C)C[C@H](NC(=O)[C@H](CC(=O)O)NC(=O)[C@H](CC(=O)O)NC(=O)[C@H](CC(=O)O)NC(=O)[C@@H](N)CC(C)C)C(=O)N[C@@H](CCC(=O)O)C(=O)N[C@@H](Cc1cnc[nH]1)C(=O)O. The standard InChI is InChI=1S/C35H53N9O16/c1-15(2)7-18(36)29(53)40-21(10-26(47)48)32(56)42-23(12-28(51)52)34(58)43-22(11-27(49)50)33(57)41-20(8-16(3)4)31(55)39-19(5-6-25(45)46)30(54)44-24(35(59)60)9-17-13-37-14-38-17/h13-16,18-24H,5-12,36H2,1-4H3,(H,37,38)(H,39,55)(H,40,53)(H,41,57)(H,42,56)(H,43,58)(H,44,54)(H,45,46)(H,47,48)(H,49,50)(H,51,52)(H,59,60)/t18-,19-,20-,21-,22-,23-,24-/m0/s1. The van der Waals surface area contributed by atoms with Crippen molar-refractivity contribution in [3.05, 3.63) is 18.2 Å². The molecule has 1 heterocycles. The van der Waals surface area contributed by atoms with Gasteiger partial charge in [-0.25, -0.2) is 9.78 Å². The van der Waals surface area contributed by atoms with E-state index < -0.39 is 140 Å². The maximum Gasteiger partial charge on any atom is 0.326 e. The average Bonchev–Trinajstić information content (AvgIpc) is 3.63. The molecule has 0 bridgehead atoms. The zero-order valence-electron chi connectivity index (χ0n) is 33.3. The Labute approximate surface area is 342 Å². The summed E-state index contributed by atoms with van der Waals surface area (Å²) in [7, 11) is 0. The van der Waals surface area contributed by atoms with E-state index in [0.717, 1.165) is 0 Å². The molecule has 0 fully saturated rings. The highest BCUT2D eigenvalue weighted by Gasteiger charge is 2.36. The van der Waals surface area contributed by atoms with Crippen LogP contribution in [0.15, 0.2) is 12.5 Å². The lowest BCUT2D eigenvalue weighted by Crippen LogP contribution is -2.60. The van der Waals surface area contributed by atoms with Gasteiger partial charge < -0.3 is 68.2 Å². The van der Waals surface area contributed by atoms with E-state index in [2.05, 4.69) is 31.2 Å². The zero-order chi connectivity index (χ0) is 45.9. The molecule has 0 saturated carbocycles. The monoisotopic (exact) mass is 855 g/mol. The van der Waals surface area contributed by atoms with Crippen LogP contribution in [0.1, 0.15) is 78.3 Å². The average molecular weight is 856 g/mol. The molecule has 7 atom stereocenters. The number of carbonyl (C=O) groups excluding carboxylic acids is 6. The van der Waals surface area contributed by atoms with Crippen LogP contribution in [0.5, 0.6) is 0 Å². The molecule has 0 radical (unpaired) electrons. The van der Waals surface area contributed by atoms with E-state index in [0.29, 0.717) is 5.69 Å². The van der Waals surface area contributed by atoms with Crippen molar-refractivity contribution < 1.29 is 78.3 Å². The van der Waals surface area contributed by atoms with E-state index in [4.69, 9.17) is 5.73 Å². The number of hydrogen-bond acceptors (Lipinski definition) is 13. The molecule has 14 N–H and O–H groups in total. The van der Waals surface area contributed by atoms with E-state index >= 15 is 0 Å². The summed E-state index contributed by atoms with van der Waals surface area (Å²) in [4.78, 5) is 144. The number of carboxylic acid groups (broad SMARTS) is 5. The quantitative estimate of drug-likeness (QED) is 0.0392. The number of aromatic amines is 1. The summed E-state index contributed by atoms with van der Waals surface area (Å²) in [6.07, 6.45) is -2.33. The number of carbonyl (C=O) groups is 11. The topological polar surface area (TPSA) is 416 Å². The molecule has 334 valence electrons. The molecular formula is C35H53N9O16. The molecule has 0 unspecified atom stereocenters. The van der Waals surface area contributed by atoms with Crippen LogP contribution in [0.3, 0.4) is 0 Å². The van der Waals surface area contributed by atoms with Crippen LogP contribution in [0.25, 0.3) is 0 Å².